The number of carbonyl (C=O) groups is 2. The summed E-state index contributed by atoms with van der Waals surface area (Å²) in [6.07, 6.45) is 0. The van der Waals surface area contributed by atoms with Gasteiger partial charge in [-0.25, -0.2) is 9.78 Å². The van der Waals surface area contributed by atoms with Crippen LogP contribution in [-0.4, -0.2) is 36.2 Å². The summed E-state index contributed by atoms with van der Waals surface area (Å²) < 4.78 is 10.3. The Kier molecular flexibility index (Phi) is 5.40. The third-order valence-electron chi connectivity index (χ3n) is 3.37. The van der Waals surface area contributed by atoms with E-state index in [0.717, 1.165) is 11.3 Å². The van der Waals surface area contributed by atoms with Crippen molar-refractivity contribution in [2.75, 3.05) is 14.2 Å². The number of nitrogens with one attached hydrogen (secondary N) is 1. The molecule has 0 radical (unpaired) electrons. The van der Waals surface area contributed by atoms with E-state index in [1.807, 2.05) is 0 Å². The number of benzene rings is 1. The topological polar surface area (TPSA) is 97.8 Å². The molecule has 128 valence electrons. The first-order chi connectivity index (χ1) is 11.4. The maximum atomic E-state index is 12.4. The summed E-state index contributed by atoms with van der Waals surface area (Å²) in [5.41, 5.74) is 0.848. The number of hydrogen-bond donors (Lipinski definition) is 2. The van der Waals surface area contributed by atoms with Crippen molar-refractivity contribution in [2.45, 2.75) is 19.9 Å². The van der Waals surface area contributed by atoms with Gasteiger partial charge >= 0.3 is 5.97 Å². The van der Waals surface area contributed by atoms with Gasteiger partial charge in [0.15, 0.2) is 11.5 Å². The summed E-state index contributed by atoms with van der Waals surface area (Å²) in [7, 11) is 3.01. The first-order valence-corrected chi connectivity index (χ1v) is 7.92. The van der Waals surface area contributed by atoms with Crippen LogP contribution in [0.2, 0.25) is 0 Å². The minimum Gasteiger partial charge on any atom is -0.493 e. The molecule has 7 nitrogen and oxygen atoms in total. The number of hydrogen-bond acceptors (Lipinski definition) is 6. The van der Waals surface area contributed by atoms with Crippen LogP contribution in [0.5, 0.6) is 11.5 Å². The van der Waals surface area contributed by atoms with Crippen LogP contribution >= 0.6 is 11.3 Å². The summed E-state index contributed by atoms with van der Waals surface area (Å²) in [6.45, 7) is 3.38. The maximum absolute atomic E-state index is 12.4. The number of rotatable bonds is 6. The van der Waals surface area contributed by atoms with Gasteiger partial charge in [-0.2, -0.15) is 0 Å². The molecule has 24 heavy (non-hydrogen) atoms. The van der Waals surface area contributed by atoms with Crippen molar-refractivity contribution in [3.05, 3.63) is 39.3 Å². The van der Waals surface area contributed by atoms with Crippen LogP contribution in [0.25, 0.3) is 0 Å². The molecule has 0 aliphatic heterocycles. The van der Waals surface area contributed by atoms with Crippen molar-refractivity contribution < 1.29 is 24.2 Å². The van der Waals surface area contributed by atoms with Crippen LogP contribution in [0, 0.1) is 6.92 Å². The third-order valence-corrected chi connectivity index (χ3v) is 4.70. The average molecular weight is 350 g/mol. The number of thiazole rings is 1. The number of aromatic carboxylic acids is 1. The van der Waals surface area contributed by atoms with Gasteiger partial charge in [0.25, 0.3) is 5.91 Å². The Morgan fingerprint density at radius 3 is 2.46 bits per heavy atom. The number of carboxylic acids is 1. The molecular formula is C16H18N2O5S. The lowest BCUT2D eigenvalue weighted by atomic mass is 10.1. The highest BCUT2D eigenvalue weighted by atomic mass is 32.1. The normalized spacial score (nSPS) is 11.7. The molecule has 0 saturated heterocycles. The lowest BCUT2D eigenvalue weighted by Crippen LogP contribution is -2.26. The Labute approximate surface area is 143 Å². The van der Waals surface area contributed by atoms with Crippen molar-refractivity contribution in [1.82, 2.24) is 10.3 Å². The zero-order valence-electron chi connectivity index (χ0n) is 13.7. The number of methoxy groups -OCH3 is 2. The molecular weight excluding hydrogens is 332 g/mol. The smallest absolute Gasteiger partial charge is 0.347 e. The standard InChI is InChI=1S/C16H18N2O5S/c1-8-13(16(20)21)24-15(18-8)9(2)17-14(19)10-5-6-11(22-3)12(7-10)23-4/h5-7,9H,1-4H3,(H,17,19)(H,20,21). The second-order valence-corrected chi connectivity index (χ2v) is 6.07. The average Bonchev–Trinajstić information content (AvgIpc) is 2.96. The molecule has 0 aliphatic carbocycles. The van der Waals surface area contributed by atoms with Gasteiger partial charge in [0, 0.05) is 5.56 Å². The minimum atomic E-state index is -1.02. The quantitative estimate of drug-likeness (QED) is 0.831. The molecule has 0 spiro atoms. The fraction of sp³-hybridized carbons (Fsp3) is 0.312. The first kappa shape index (κ1) is 17.7. The molecule has 2 N–H and O–H groups in total. The predicted molar refractivity (Wildman–Crippen MR) is 89.2 cm³/mol. The van der Waals surface area contributed by atoms with E-state index in [-0.39, 0.29) is 10.8 Å². The van der Waals surface area contributed by atoms with Crippen molar-refractivity contribution in [3.8, 4) is 11.5 Å². The van der Waals surface area contributed by atoms with Gasteiger partial charge < -0.3 is 19.9 Å². The van der Waals surface area contributed by atoms with Crippen LogP contribution in [0.3, 0.4) is 0 Å². The molecule has 8 heteroatoms. The first-order valence-electron chi connectivity index (χ1n) is 7.10. The third kappa shape index (κ3) is 3.65. The van der Waals surface area contributed by atoms with E-state index >= 15 is 0 Å². The van der Waals surface area contributed by atoms with Gasteiger partial charge in [-0.1, -0.05) is 0 Å². The molecule has 0 saturated carbocycles. The lowest BCUT2D eigenvalue weighted by molar-refractivity contribution is 0.0701. The van der Waals surface area contributed by atoms with Gasteiger partial charge in [-0.15, -0.1) is 11.3 Å². The zero-order valence-corrected chi connectivity index (χ0v) is 14.6. The lowest BCUT2D eigenvalue weighted by Gasteiger charge is -2.13. The highest BCUT2D eigenvalue weighted by molar-refractivity contribution is 7.13. The fourth-order valence-corrected chi connectivity index (χ4v) is 3.03. The van der Waals surface area contributed by atoms with Crippen molar-refractivity contribution in [1.29, 1.82) is 0 Å². The zero-order chi connectivity index (χ0) is 17.9. The number of nitrogens with zero attached hydrogens (tertiary/aromatic N) is 1. The number of aromatic nitrogens is 1. The van der Waals surface area contributed by atoms with E-state index in [1.54, 1.807) is 32.0 Å². The van der Waals surface area contributed by atoms with E-state index in [0.29, 0.717) is 27.8 Å². The van der Waals surface area contributed by atoms with E-state index < -0.39 is 12.0 Å². The summed E-state index contributed by atoms with van der Waals surface area (Å²) in [5, 5.41) is 12.4. The Hall–Kier alpha value is -2.61. The second kappa shape index (κ2) is 7.31. The number of ether oxygens (including phenoxy) is 2. The highest BCUT2D eigenvalue weighted by Gasteiger charge is 2.20. The number of carbonyl (C=O) groups excluding carboxylic acids is 1. The molecule has 0 aliphatic rings. The Balaban J connectivity index is 2.17. The van der Waals surface area contributed by atoms with Gasteiger partial charge in [0.1, 0.15) is 9.88 Å². The molecule has 1 aromatic carbocycles. The second-order valence-electron chi connectivity index (χ2n) is 5.04. The molecule has 1 atom stereocenters. The summed E-state index contributed by atoms with van der Waals surface area (Å²) in [6, 6.07) is 4.44. The SMILES string of the molecule is COc1ccc(C(=O)NC(C)c2nc(C)c(C(=O)O)s2)cc1OC. The number of amides is 1. The fourth-order valence-electron chi connectivity index (χ4n) is 2.12. The maximum Gasteiger partial charge on any atom is 0.347 e. The molecule has 1 aromatic heterocycles. The van der Waals surface area contributed by atoms with Crippen LogP contribution in [0.15, 0.2) is 18.2 Å². The summed E-state index contributed by atoms with van der Waals surface area (Å²) >= 11 is 1.06. The van der Waals surface area contributed by atoms with E-state index in [9.17, 15) is 9.59 Å². The molecule has 1 heterocycles. The molecule has 2 rings (SSSR count). The van der Waals surface area contributed by atoms with Gasteiger partial charge in [-0.05, 0) is 32.0 Å². The Bertz CT molecular complexity index is 772. The van der Waals surface area contributed by atoms with Gasteiger partial charge in [0.2, 0.25) is 0 Å². The van der Waals surface area contributed by atoms with Gasteiger partial charge in [-0.3, -0.25) is 4.79 Å². The van der Waals surface area contributed by atoms with Crippen LogP contribution < -0.4 is 14.8 Å². The molecule has 0 bridgehead atoms. The van der Waals surface area contributed by atoms with Gasteiger partial charge in [0.05, 0.1) is 26.0 Å². The van der Waals surface area contributed by atoms with Crippen LogP contribution in [0.4, 0.5) is 0 Å². The Morgan fingerprint density at radius 2 is 1.92 bits per heavy atom. The molecule has 1 amide bonds. The summed E-state index contributed by atoms with van der Waals surface area (Å²) in [5.74, 6) is -0.345. The van der Waals surface area contributed by atoms with E-state index in [2.05, 4.69) is 10.3 Å². The Morgan fingerprint density at radius 1 is 1.25 bits per heavy atom. The number of aryl methyl sites for hydroxylation is 1. The minimum absolute atomic E-state index is 0.178. The van der Waals surface area contributed by atoms with Crippen molar-refractivity contribution >= 4 is 23.2 Å². The number of carboxylic acid groups (broad SMARTS) is 1. The van der Waals surface area contributed by atoms with E-state index in [4.69, 9.17) is 14.6 Å². The largest absolute Gasteiger partial charge is 0.493 e. The van der Waals surface area contributed by atoms with Crippen LogP contribution in [0.1, 0.15) is 43.7 Å². The van der Waals surface area contributed by atoms with Crippen LogP contribution in [-0.2, 0) is 0 Å². The van der Waals surface area contributed by atoms with Crippen molar-refractivity contribution in [2.24, 2.45) is 0 Å². The predicted octanol–water partition coefficient (Wildman–Crippen LogP) is 2.66. The summed E-state index contributed by atoms with van der Waals surface area (Å²) in [4.78, 5) is 27.9. The monoisotopic (exact) mass is 350 g/mol. The van der Waals surface area contributed by atoms with Crippen molar-refractivity contribution in [3.63, 3.8) is 0 Å². The van der Waals surface area contributed by atoms with E-state index in [1.165, 1.54) is 14.2 Å². The molecule has 0 fully saturated rings. The molecule has 2 aromatic rings. The highest BCUT2D eigenvalue weighted by Crippen LogP contribution is 2.28. The molecule has 1 unspecified atom stereocenters.